The number of nitrogens with zero attached hydrogens (tertiary/aromatic N) is 1. The highest BCUT2D eigenvalue weighted by molar-refractivity contribution is 7.89. The van der Waals surface area contributed by atoms with E-state index in [1.165, 1.54) is 13.1 Å². The summed E-state index contributed by atoms with van der Waals surface area (Å²) in [7, 11) is -2.09. The zero-order valence-electron chi connectivity index (χ0n) is 23.4. The maximum absolute atomic E-state index is 12.4. The molecule has 0 aliphatic carbocycles. The average molecular weight is 571 g/mol. The number of benzene rings is 2. The van der Waals surface area contributed by atoms with Gasteiger partial charge in [0.2, 0.25) is 15.8 Å². The molecule has 0 unspecified atom stereocenters. The Labute approximate surface area is 237 Å². The Bertz CT molecular complexity index is 1350. The minimum Gasteiger partial charge on any atom is -0.463 e. The standard InChI is InChI=1S/C30H38N2O7S/c1-30(2)37-22-25-20-24(14-15-27(25)39-30)28-21-32(29(33)38-28)16-7-4-5-8-17-36-18-9-6-11-23-12-10-13-26(19-23)40(34,35)31-3/h10,12-15,19-20,28,31H,4-5,7-9,16-18,21-22H2,1-3H3/t28-/m0/s1. The summed E-state index contributed by atoms with van der Waals surface area (Å²) in [6, 6.07) is 12.5. The summed E-state index contributed by atoms with van der Waals surface area (Å²) in [6.45, 7) is 6.65. The second kappa shape index (κ2) is 13.5. The maximum Gasteiger partial charge on any atom is 0.410 e. The molecule has 1 fully saturated rings. The number of nitrogens with one attached hydrogen (secondary N) is 1. The third-order valence-corrected chi connectivity index (χ3v) is 8.17. The molecule has 2 heterocycles. The van der Waals surface area contributed by atoms with Gasteiger partial charge in [0.05, 0.1) is 24.7 Å². The molecule has 2 aromatic carbocycles. The van der Waals surface area contributed by atoms with Crippen LogP contribution in [0.4, 0.5) is 4.79 Å². The first kappa shape index (κ1) is 29.9. The molecule has 40 heavy (non-hydrogen) atoms. The van der Waals surface area contributed by atoms with Crippen LogP contribution in [-0.4, -0.2) is 58.5 Å². The van der Waals surface area contributed by atoms with Gasteiger partial charge in [-0.2, -0.15) is 0 Å². The topological polar surface area (TPSA) is 103 Å². The van der Waals surface area contributed by atoms with Gasteiger partial charge in [-0.25, -0.2) is 17.9 Å². The van der Waals surface area contributed by atoms with Crippen LogP contribution in [0.25, 0.3) is 0 Å². The van der Waals surface area contributed by atoms with E-state index >= 15 is 0 Å². The SMILES string of the molecule is CNS(=O)(=O)c1cccc(C#CCCOCCCCCCN2C[C@@H](c3ccc4c(c3)COC(C)(C)O4)OC2=O)c1. The molecule has 1 amide bonds. The van der Waals surface area contributed by atoms with E-state index in [1.807, 2.05) is 32.0 Å². The monoisotopic (exact) mass is 570 g/mol. The Morgan fingerprint density at radius 1 is 1.10 bits per heavy atom. The van der Waals surface area contributed by atoms with Gasteiger partial charge in [0, 0.05) is 44.5 Å². The molecule has 0 saturated carbocycles. The summed E-state index contributed by atoms with van der Waals surface area (Å²) in [6.07, 6.45) is 3.91. The average Bonchev–Trinajstić information content (AvgIpc) is 3.31. The van der Waals surface area contributed by atoms with Crippen molar-refractivity contribution in [2.24, 2.45) is 0 Å². The fourth-order valence-electron chi connectivity index (χ4n) is 4.53. The van der Waals surface area contributed by atoms with Gasteiger partial charge in [-0.05, 0) is 55.8 Å². The molecule has 4 rings (SSSR count). The lowest BCUT2D eigenvalue weighted by Crippen LogP contribution is -2.35. The van der Waals surface area contributed by atoms with Gasteiger partial charge >= 0.3 is 6.09 Å². The molecule has 0 aromatic heterocycles. The number of hydrogen-bond donors (Lipinski definition) is 1. The highest BCUT2D eigenvalue weighted by Gasteiger charge is 2.33. The van der Waals surface area contributed by atoms with Crippen LogP contribution in [0.15, 0.2) is 47.4 Å². The number of carbonyl (C=O) groups is 1. The fourth-order valence-corrected chi connectivity index (χ4v) is 5.31. The Morgan fingerprint density at radius 3 is 2.75 bits per heavy atom. The zero-order valence-corrected chi connectivity index (χ0v) is 24.2. The van der Waals surface area contributed by atoms with Crippen molar-refractivity contribution in [3.05, 3.63) is 59.2 Å². The number of fused-ring (bicyclic) bond motifs is 1. The molecule has 10 heteroatoms. The largest absolute Gasteiger partial charge is 0.463 e. The lowest BCUT2D eigenvalue weighted by Gasteiger charge is -2.32. The Balaban J connectivity index is 1.07. The van der Waals surface area contributed by atoms with Gasteiger partial charge in [0.1, 0.15) is 11.9 Å². The van der Waals surface area contributed by atoms with E-state index in [2.05, 4.69) is 16.6 Å². The molecular weight excluding hydrogens is 532 g/mol. The molecule has 2 aliphatic heterocycles. The third kappa shape index (κ3) is 8.21. The van der Waals surface area contributed by atoms with Gasteiger partial charge in [-0.3, -0.25) is 0 Å². The van der Waals surface area contributed by atoms with Crippen molar-refractivity contribution >= 4 is 16.1 Å². The van der Waals surface area contributed by atoms with E-state index < -0.39 is 15.8 Å². The van der Waals surface area contributed by atoms with Crippen molar-refractivity contribution < 1.29 is 32.2 Å². The van der Waals surface area contributed by atoms with Crippen LogP contribution in [0.5, 0.6) is 5.75 Å². The van der Waals surface area contributed by atoms with Crippen LogP contribution >= 0.6 is 0 Å². The quantitative estimate of drug-likeness (QED) is 0.290. The van der Waals surface area contributed by atoms with E-state index in [1.54, 1.807) is 23.1 Å². The van der Waals surface area contributed by atoms with Gasteiger partial charge in [0.25, 0.3) is 0 Å². The molecule has 1 saturated heterocycles. The molecule has 1 atom stereocenters. The predicted octanol–water partition coefficient (Wildman–Crippen LogP) is 4.75. The molecule has 0 spiro atoms. The number of carbonyl (C=O) groups excluding carboxylic acids is 1. The predicted molar refractivity (Wildman–Crippen MR) is 150 cm³/mol. The Hall–Kier alpha value is -3.10. The van der Waals surface area contributed by atoms with E-state index in [-0.39, 0.29) is 17.1 Å². The van der Waals surface area contributed by atoms with E-state index in [9.17, 15) is 13.2 Å². The molecule has 1 N–H and O–H groups in total. The zero-order chi connectivity index (χ0) is 28.6. The number of ether oxygens (including phenoxy) is 4. The summed E-state index contributed by atoms with van der Waals surface area (Å²) in [4.78, 5) is 14.4. The minimum absolute atomic E-state index is 0.198. The lowest BCUT2D eigenvalue weighted by molar-refractivity contribution is -0.180. The first-order chi connectivity index (χ1) is 19.2. The molecule has 0 bridgehead atoms. The van der Waals surface area contributed by atoms with E-state index in [0.29, 0.717) is 44.9 Å². The summed E-state index contributed by atoms with van der Waals surface area (Å²) < 4.78 is 49.0. The van der Waals surface area contributed by atoms with E-state index in [4.69, 9.17) is 18.9 Å². The van der Waals surface area contributed by atoms with Crippen molar-refractivity contribution in [3.63, 3.8) is 0 Å². The lowest BCUT2D eigenvalue weighted by atomic mass is 10.0. The molecule has 0 radical (unpaired) electrons. The molecule has 2 aliphatic rings. The molecule has 216 valence electrons. The molecule has 9 nitrogen and oxygen atoms in total. The van der Waals surface area contributed by atoms with Crippen molar-refractivity contribution in [1.82, 2.24) is 9.62 Å². The van der Waals surface area contributed by atoms with Crippen LogP contribution in [0, 0.1) is 11.8 Å². The van der Waals surface area contributed by atoms with Crippen molar-refractivity contribution in [1.29, 1.82) is 0 Å². The smallest absolute Gasteiger partial charge is 0.410 e. The van der Waals surface area contributed by atoms with Gasteiger partial charge in [0.15, 0.2) is 0 Å². The highest BCUT2D eigenvalue weighted by Crippen LogP contribution is 2.35. The van der Waals surface area contributed by atoms with Crippen molar-refractivity contribution in [3.8, 4) is 17.6 Å². The number of unbranched alkanes of at least 4 members (excludes halogenated alkanes) is 3. The maximum atomic E-state index is 12.4. The molecule has 2 aromatic rings. The van der Waals surface area contributed by atoms with Gasteiger partial charge in [-0.1, -0.05) is 36.8 Å². The summed E-state index contributed by atoms with van der Waals surface area (Å²) >= 11 is 0. The number of amides is 1. The molecular formula is C30H38N2O7S. The van der Waals surface area contributed by atoms with E-state index in [0.717, 1.165) is 42.6 Å². The highest BCUT2D eigenvalue weighted by atomic mass is 32.2. The van der Waals surface area contributed by atoms with Crippen molar-refractivity contribution in [2.75, 3.05) is 33.4 Å². The van der Waals surface area contributed by atoms with Crippen LogP contribution in [-0.2, 0) is 30.8 Å². The van der Waals surface area contributed by atoms with Crippen LogP contribution < -0.4 is 9.46 Å². The van der Waals surface area contributed by atoms with Gasteiger partial charge in [-0.15, -0.1) is 0 Å². The first-order valence-electron chi connectivity index (χ1n) is 13.7. The second-order valence-corrected chi connectivity index (χ2v) is 12.2. The number of rotatable bonds is 12. The fraction of sp³-hybridized carbons (Fsp3) is 0.500. The number of sulfonamides is 1. The second-order valence-electron chi connectivity index (χ2n) is 10.3. The summed E-state index contributed by atoms with van der Waals surface area (Å²) in [5.41, 5.74) is 2.58. The first-order valence-corrected chi connectivity index (χ1v) is 15.2. The van der Waals surface area contributed by atoms with Crippen LogP contribution in [0.1, 0.15) is 68.7 Å². The summed E-state index contributed by atoms with van der Waals surface area (Å²) in [5.74, 6) is 6.18. The number of hydrogen-bond acceptors (Lipinski definition) is 7. The third-order valence-electron chi connectivity index (χ3n) is 6.76. The normalized spacial score (nSPS) is 17.9. The van der Waals surface area contributed by atoms with Crippen LogP contribution in [0.2, 0.25) is 0 Å². The minimum atomic E-state index is -3.48. The number of cyclic esters (lactones) is 1. The van der Waals surface area contributed by atoms with Gasteiger partial charge < -0.3 is 23.8 Å². The Kier molecular flexibility index (Phi) is 10.1. The van der Waals surface area contributed by atoms with Crippen molar-refractivity contribution in [2.45, 2.75) is 69.3 Å². The Morgan fingerprint density at radius 2 is 1.93 bits per heavy atom. The van der Waals surface area contributed by atoms with Crippen LogP contribution in [0.3, 0.4) is 0 Å². The summed E-state index contributed by atoms with van der Waals surface area (Å²) in [5, 5.41) is 0.